The van der Waals surface area contributed by atoms with Crippen LogP contribution in [0.2, 0.25) is 0 Å². The summed E-state index contributed by atoms with van der Waals surface area (Å²) in [5, 5.41) is 0. The van der Waals surface area contributed by atoms with Gasteiger partial charge >= 0.3 is 5.69 Å². The quantitative estimate of drug-likeness (QED) is 0.718. The summed E-state index contributed by atoms with van der Waals surface area (Å²) in [6.07, 6.45) is 4.96. The highest BCUT2D eigenvalue weighted by atomic mass is 16.7. The SMILES string of the molecule is Cn1cnc2c1c(=O)n(CCCCCC1OCCO1)c(=O)n2C. The second-order valence-electron chi connectivity index (χ2n) is 5.85. The molecular weight excluding hydrogens is 300 g/mol. The Labute approximate surface area is 133 Å². The van der Waals surface area contributed by atoms with Gasteiger partial charge in [-0.15, -0.1) is 0 Å². The summed E-state index contributed by atoms with van der Waals surface area (Å²) in [6.45, 7) is 1.75. The fourth-order valence-electron chi connectivity index (χ4n) is 2.93. The number of aryl methyl sites for hydroxylation is 2. The third-order valence-electron chi connectivity index (χ3n) is 4.21. The standard InChI is InChI=1S/C15H22N4O4/c1-17-10-16-13-12(17)14(20)19(15(21)18(13)2)7-5-3-4-6-11-22-8-9-23-11/h10-11H,3-9H2,1-2H3. The maximum absolute atomic E-state index is 12.5. The van der Waals surface area contributed by atoms with Gasteiger partial charge in [0.05, 0.1) is 19.5 Å². The number of hydrogen-bond acceptors (Lipinski definition) is 5. The summed E-state index contributed by atoms with van der Waals surface area (Å²) in [5.41, 5.74) is 0.295. The summed E-state index contributed by atoms with van der Waals surface area (Å²) in [7, 11) is 3.40. The second-order valence-corrected chi connectivity index (χ2v) is 5.85. The van der Waals surface area contributed by atoms with Crippen LogP contribution in [-0.2, 0) is 30.1 Å². The van der Waals surface area contributed by atoms with E-state index in [0.717, 1.165) is 25.7 Å². The lowest BCUT2D eigenvalue weighted by molar-refractivity contribution is -0.0480. The van der Waals surface area contributed by atoms with Gasteiger partial charge in [-0.2, -0.15) is 0 Å². The van der Waals surface area contributed by atoms with E-state index in [1.807, 2.05) is 0 Å². The number of imidazole rings is 1. The molecule has 2 aromatic heterocycles. The molecule has 0 spiro atoms. The topological polar surface area (TPSA) is 80.3 Å². The van der Waals surface area contributed by atoms with Crippen LogP contribution in [0.5, 0.6) is 0 Å². The van der Waals surface area contributed by atoms with E-state index in [1.165, 1.54) is 9.13 Å². The van der Waals surface area contributed by atoms with Crippen molar-refractivity contribution in [3.8, 4) is 0 Å². The zero-order valence-corrected chi connectivity index (χ0v) is 13.5. The van der Waals surface area contributed by atoms with Gasteiger partial charge in [0.25, 0.3) is 5.56 Å². The number of rotatable bonds is 6. The van der Waals surface area contributed by atoms with E-state index in [9.17, 15) is 9.59 Å². The van der Waals surface area contributed by atoms with Crippen LogP contribution in [0, 0.1) is 0 Å². The van der Waals surface area contributed by atoms with Gasteiger partial charge in [-0.3, -0.25) is 13.9 Å². The van der Waals surface area contributed by atoms with E-state index in [1.54, 1.807) is 25.0 Å². The normalized spacial score (nSPS) is 15.7. The third-order valence-corrected chi connectivity index (χ3v) is 4.21. The summed E-state index contributed by atoms with van der Waals surface area (Å²) < 4.78 is 15.1. The number of aromatic nitrogens is 4. The number of hydrogen-bond donors (Lipinski definition) is 0. The lowest BCUT2D eigenvalue weighted by atomic mass is 10.2. The minimum absolute atomic E-state index is 0.0867. The molecule has 1 aliphatic heterocycles. The predicted octanol–water partition coefficient (Wildman–Crippen LogP) is 0.367. The molecule has 23 heavy (non-hydrogen) atoms. The monoisotopic (exact) mass is 322 g/mol. The number of nitrogens with zero attached hydrogens (tertiary/aromatic N) is 4. The molecule has 0 saturated carbocycles. The van der Waals surface area contributed by atoms with E-state index in [2.05, 4.69) is 4.98 Å². The molecule has 0 atom stereocenters. The van der Waals surface area contributed by atoms with Crippen molar-refractivity contribution >= 4 is 11.2 Å². The van der Waals surface area contributed by atoms with Crippen LogP contribution < -0.4 is 11.2 Å². The van der Waals surface area contributed by atoms with Gasteiger partial charge in [0.1, 0.15) is 0 Å². The van der Waals surface area contributed by atoms with Crippen molar-refractivity contribution in [1.82, 2.24) is 18.7 Å². The predicted molar refractivity (Wildman–Crippen MR) is 84.4 cm³/mol. The Bertz CT molecular complexity index is 798. The van der Waals surface area contributed by atoms with Crippen molar-refractivity contribution in [1.29, 1.82) is 0 Å². The molecule has 126 valence electrons. The first kappa shape index (κ1) is 15.9. The van der Waals surface area contributed by atoms with Crippen LogP contribution >= 0.6 is 0 Å². The van der Waals surface area contributed by atoms with Gasteiger partial charge < -0.3 is 14.0 Å². The average molecular weight is 322 g/mol. The first-order chi connectivity index (χ1) is 11.1. The van der Waals surface area contributed by atoms with Gasteiger partial charge in [-0.05, 0) is 19.3 Å². The highest BCUT2D eigenvalue weighted by molar-refractivity contribution is 5.69. The van der Waals surface area contributed by atoms with Crippen molar-refractivity contribution in [2.75, 3.05) is 13.2 Å². The van der Waals surface area contributed by atoms with Crippen LogP contribution in [-0.4, -0.2) is 38.2 Å². The van der Waals surface area contributed by atoms with Gasteiger partial charge in [0.2, 0.25) is 0 Å². The number of unbranched alkanes of at least 4 members (excludes halogenated alkanes) is 2. The first-order valence-electron chi connectivity index (χ1n) is 7.93. The molecular formula is C15H22N4O4. The van der Waals surface area contributed by atoms with Gasteiger partial charge in [0, 0.05) is 20.6 Å². The molecule has 0 radical (unpaired) electrons. The molecule has 0 unspecified atom stereocenters. The molecule has 8 heteroatoms. The Morgan fingerprint density at radius 1 is 1.17 bits per heavy atom. The average Bonchev–Trinajstić information content (AvgIpc) is 3.17. The Morgan fingerprint density at radius 3 is 2.65 bits per heavy atom. The summed E-state index contributed by atoms with van der Waals surface area (Å²) in [4.78, 5) is 28.9. The van der Waals surface area contributed by atoms with E-state index in [0.29, 0.717) is 30.9 Å². The Morgan fingerprint density at radius 2 is 1.91 bits per heavy atom. The largest absolute Gasteiger partial charge is 0.350 e. The molecule has 0 aliphatic carbocycles. The summed E-state index contributed by atoms with van der Waals surface area (Å²) >= 11 is 0. The summed E-state index contributed by atoms with van der Waals surface area (Å²) in [5.74, 6) is 0. The molecule has 0 amide bonds. The smallest absolute Gasteiger partial charge is 0.332 e. The fourth-order valence-corrected chi connectivity index (χ4v) is 2.93. The highest BCUT2D eigenvalue weighted by Crippen LogP contribution is 2.12. The van der Waals surface area contributed by atoms with Crippen molar-refractivity contribution < 1.29 is 9.47 Å². The maximum Gasteiger partial charge on any atom is 0.332 e. The molecule has 2 aromatic rings. The molecule has 0 bridgehead atoms. The van der Waals surface area contributed by atoms with Crippen LogP contribution in [0.4, 0.5) is 0 Å². The van der Waals surface area contributed by atoms with Crippen molar-refractivity contribution in [2.24, 2.45) is 14.1 Å². The highest BCUT2D eigenvalue weighted by Gasteiger charge is 2.16. The lowest BCUT2D eigenvalue weighted by Crippen LogP contribution is -2.39. The third kappa shape index (κ3) is 3.09. The molecule has 0 aromatic carbocycles. The Kier molecular flexibility index (Phi) is 4.63. The van der Waals surface area contributed by atoms with Crippen LogP contribution in [0.1, 0.15) is 25.7 Å². The lowest BCUT2D eigenvalue weighted by Gasteiger charge is -2.10. The van der Waals surface area contributed by atoms with Crippen molar-refractivity contribution in [2.45, 2.75) is 38.5 Å². The minimum Gasteiger partial charge on any atom is -0.350 e. The van der Waals surface area contributed by atoms with Crippen molar-refractivity contribution in [3.63, 3.8) is 0 Å². The van der Waals surface area contributed by atoms with Crippen LogP contribution in [0.15, 0.2) is 15.9 Å². The minimum atomic E-state index is -0.316. The molecule has 8 nitrogen and oxygen atoms in total. The maximum atomic E-state index is 12.5. The van der Waals surface area contributed by atoms with Crippen LogP contribution in [0.3, 0.4) is 0 Å². The molecule has 1 aliphatic rings. The Hall–Kier alpha value is -1.93. The van der Waals surface area contributed by atoms with E-state index >= 15 is 0 Å². The molecule has 0 N–H and O–H groups in total. The molecule has 3 heterocycles. The first-order valence-corrected chi connectivity index (χ1v) is 7.93. The van der Waals surface area contributed by atoms with Gasteiger partial charge in [-0.25, -0.2) is 9.78 Å². The Balaban J connectivity index is 1.66. The number of ether oxygens (including phenoxy) is 2. The van der Waals surface area contributed by atoms with Crippen LogP contribution in [0.25, 0.3) is 11.2 Å². The fraction of sp³-hybridized carbons (Fsp3) is 0.667. The zero-order valence-electron chi connectivity index (χ0n) is 13.5. The van der Waals surface area contributed by atoms with E-state index < -0.39 is 0 Å². The summed E-state index contributed by atoms with van der Waals surface area (Å²) in [6, 6.07) is 0. The van der Waals surface area contributed by atoms with Gasteiger partial charge in [-0.1, -0.05) is 6.42 Å². The number of fused-ring (bicyclic) bond motifs is 1. The van der Waals surface area contributed by atoms with E-state index in [-0.39, 0.29) is 17.5 Å². The zero-order chi connectivity index (χ0) is 16.4. The molecule has 3 rings (SSSR count). The van der Waals surface area contributed by atoms with Crippen molar-refractivity contribution in [3.05, 3.63) is 27.2 Å². The van der Waals surface area contributed by atoms with Gasteiger partial charge in [0.15, 0.2) is 17.5 Å². The molecule has 1 saturated heterocycles. The van der Waals surface area contributed by atoms with E-state index in [4.69, 9.17) is 9.47 Å². The second kappa shape index (κ2) is 6.67. The molecule has 1 fully saturated rings.